The Bertz CT molecular complexity index is 558. The first-order chi connectivity index (χ1) is 7.97. The van der Waals surface area contributed by atoms with E-state index in [-0.39, 0.29) is 6.61 Å². The van der Waals surface area contributed by atoms with Crippen molar-refractivity contribution in [2.75, 3.05) is 6.61 Å². The van der Waals surface area contributed by atoms with Gasteiger partial charge < -0.3 is 4.74 Å². The summed E-state index contributed by atoms with van der Waals surface area (Å²) in [4.78, 5) is 10.2. The molecule has 0 unspecified atom stereocenters. The second-order valence-electron chi connectivity index (χ2n) is 4.52. The molecule has 0 aliphatic carbocycles. The van der Waals surface area contributed by atoms with Crippen LogP contribution < -0.4 is 0 Å². The number of ether oxygens (including phenoxy) is 1. The highest BCUT2D eigenvalue weighted by molar-refractivity contribution is 6.34. The van der Waals surface area contributed by atoms with Gasteiger partial charge in [-0.3, -0.25) is 9.89 Å². The zero-order valence-corrected chi connectivity index (χ0v) is 10.6. The van der Waals surface area contributed by atoms with Crippen LogP contribution in [0.2, 0.25) is 5.02 Å². The minimum absolute atomic E-state index is 0.229. The SMILES string of the molecule is Cc1[nH]n2c(C(C)(C)COC=O)nnc2c1Cl. The Hall–Kier alpha value is -1.56. The van der Waals surface area contributed by atoms with Crippen molar-refractivity contribution in [3.05, 3.63) is 16.5 Å². The van der Waals surface area contributed by atoms with Crippen LogP contribution in [0.5, 0.6) is 0 Å². The van der Waals surface area contributed by atoms with Crippen molar-refractivity contribution in [2.24, 2.45) is 0 Å². The van der Waals surface area contributed by atoms with E-state index in [2.05, 4.69) is 15.3 Å². The largest absolute Gasteiger partial charge is 0.467 e. The standard InChI is InChI=1S/C10H13ClN4O2/c1-6-7(11)8-12-13-9(15(8)14-6)10(2,3)4-17-5-16/h5,14H,4H2,1-3H3. The summed E-state index contributed by atoms with van der Waals surface area (Å²) < 4.78 is 6.51. The summed E-state index contributed by atoms with van der Waals surface area (Å²) in [7, 11) is 0. The van der Waals surface area contributed by atoms with Crippen LogP contribution in [0.25, 0.3) is 5.65 Å². The number of aromatic amines is 1. The molecule has 0 amide bonds. The van der Waals surface area contributed by atoms with Gasteiger partial charge in [0.2, 0.25) is 0 Å². The highest BCUT2D eigenvalue weighted by atomic mass is 35.5. The summed E-state index contributed by atoms with van der Waals surface area (Å²) in [6.07, 6.45) is 0. The Morgan fingerprint density at radius 3 is 2.88 bits per heavy atom. The number of carbonyl (C=O) groups excluding carboxylic acids is 1. The Balaban J connectivity index is 2.48. The van der Waals surface area contributed by atoms with E-state index in [4.69, 9.17) is 16.3 Å². The van der Waals surface area contributed by atoms with Gasteiger partial charge in [0, 0.05) is 0 Å². The average molecular weight is 257 g/mol. The van der Waals surface area contributed by atoms with Crippen LogP contribution in [0.4, 0.5) is 0 Å². The maximum atomic E-state index is 10.2. The molecule has 17 heavy (non-hydrogen) atoms. The Labute approximate surface area is 103 Å². The lowest BCUT2D eigenvalue weighted by molar-refractivity contribution is -0.130. The van der Waals surface area contributed by atoms with Gasteiger partial charge in [-0.25, -0.2) is 4.52 Å². The first-order valence-electron chi connectivity index (χ1n) is 5.12. The molecule has 0 saturated carbocycles. The van der Waals surface area contributed by atoms with E-state index in [0.29, 0.717) is 23.0 Å². The molecule has 0 fully saturated rings. The fourth-order valence-corrected chi connectivity index (χ4v) is 1.83. The van der Waals surface area contributed by atoms with Gasteiger partial charge in [-0.05, 0) is 20.8 Å². The van der Waals surface area contributed by atoms with Crippen molar-refractivity contribution >= 4 is 23.7 Å². The number of hydrogen-bond acceptors (Lipinski definition) is 4. The molecule has 2 heterocycles. The molecule has 0 radical (unpaired) electrons. The highest BCUT2D eigenvalue weighted by Gasteiger charge is 2.29. The monoisotopic (exact) mass is 256 g/mol. The number of fused-ring (bicyclic) bond motifs is 1. The van der Waals surface area contributed by atoms with E-state index in [1.165, 1.54) is 0 Å². The molecule has 92 valence electrons. The molecule has 1 N–H and O–H groups in total. The Kier molecular flexibility index (Phi) is 2.82. The molecule has 7 heteroatoms. The van der Waals surface area contributed by atoms with Crippen LogP contribution in [-0.4, -0.2) is 32.9 Å². The molecule has 0 saturated heterocycles. The molecular weight excluding hydrogens is 244 g/mol. The van der Waals surface area contributed by atoms with Gasteiger partial charge in [0.05, 0.1) is 11.1 Å². The quantitative estimate of drug-likeness (QED) is 0.841. The molecule has 6 nitrogen and oxygen atoms in total. The highest BCUT2D eigenvalue weighted by Crippen LogP contribution is 2.26. The number of nitrogens with one attached hydrogen (secondary N) is 1. The van der Waals surface area contributed by atoms with Crippen molar-refractivity contribution < 1.29 is 9.53 Å². The van der Waals surface area contributed by atoms with Crippen molar-refractivity contribution in [1.82, 2.24) is 19.8 Å². The number of nitrogens with zero attached hydrogens (tertiary/aromatic N) is 3. The second kappa shape index (κ2) is 4.03. The number of aryl methyl sites for hydroxylation is 1. The fraction of sp³-hybridized carbons (Fsp3) is 0.500. The van der Waals surface area contributed by atoms with Gasteiger partial charge in [0.15, 0.2) is 11.5 Å². The van der Waals surface area contributed by atoms with Gasteiger partial charge in [-0.1, -0.05) is 11.6 Å². The number of halogens is 1. The predicted octanol–water partition coefficient (Wildman–Crippen LogP) is 1.47. The fourth-order valence-electron chi connectivity index (χ4n) is 1.66. The van der Waals surface area contributed by atoms with Gasteiger partial charge >= 0.3 is 0 Å². The molecule has 2 aromatic heterocycles. The lowest BCUT2D eigenvalue weighted by atomic mass is 9.94. The molecule has 0 aromatic carbocycles. The summed E-state index contributed by atoms with van der Waals surface area (Å²) in [5, 5.41) is 11.7. The van der Waals surface area contributed by atoms with E-state index in [9.17, 15) is 4.79 Å². The molecule has 2 rings (SSSR count). The molecule has 0 spiro atoms. The summed E-state index contributed by atoms with van der Waals surface area (Å²) >= 11 is 6.07. The van der Waals surface area contributed by atoms with E-state index in [1.807, 2.05) is 20.8 Å². The third kappa shape index (κ3) is 1.88. The third-order valence-electron chi connectivity index (χ3n) is 2.59. The zero-order valence-electron chi connectivity index (χ0n) is 9.82. The summed E-state index contributed by atoms with van der Waals surface area (Å²) in [5.74, 6) is 0.671. The predicted molar refractivity (Wildman–Crippen MR) is 62.1 cm³/mol. The number of aromatic nitrogens is 4. The van der Waals surface area contributed by atoms with Crippen LogP contribution in [0.1, 0.15) is 25.4 Å². The normalized spacial score (nSPS) is 12.0. The average Bonchev–Trinajstić information content (AvgIpc) is 2.79. The first kappa shape index (κ1) is 11.9. The second-order valence-corrected chi connectivity index (χ2v) is 4.90. The topological polar surface area (TPSA) is 72.3 Å². The van der Waals surface area contributed by atoms with Crippen LogP contribution in [-0.2, 0) is 14.9 Å². The molecule has 2 aromatic rings. The number of carbonyl (C=O) groups is 1. The van der Waals surface area contributed by atoms with Crippen LogP contribution in [0, 0.1) is 6.92 Å². The smallest absolute Gasteiger partial charge is 0.293 e. The van der Waals surface area contributed by atoms with Crippen LogP contribution in [0.15, 0.2) is 0 Å². The van der Waals surface area contributed by atoms with E-state index in [1.54, 1.807) is 4.52 Å². The minimum Gasteiger partial charge on any atom is -0.467 e. The molecule has 0 bridgehead atoms. The lowest BCUT2D eigenvalue weighted by Crippen LogP contribution is -2.27. The number of hydrogen-bond donors (Lipinski definition) is 1. The maximum Gasteiger partial charge on any atom is 0.293 e. The number of H-pyrrole nitrogens is 1. The first-order valence-corrected chi connectivity index (χ1v) is 5.50. The van der Waals surface area contributed by atoms with E-state index >= 15 is 0 Å². The maximum absolute atomic E-state index is 10.2. The van der Waals surface area contributed by atoms with Gasteiger partial charge in [-0.15, -0.1) is 10.2 Å². The van der Waals surface area contributed by atoms with Crippen molar-refractivity contribution in [2.45, 2.75) is 26.2 Å². The van der Waals surface area contributed by atoms with Gasteiger partial charge in [-0.2, -0.15) is 0 Å². The van der Waals surface area contributed by atoms with Crippen molar-refractivity contribution in [3.8, 4) is 0 Å². The van der Waals surface area contributed by atoms with Crippen LogP contribution >= 0.6 is 11.6 Å². The van der Waals surface area contributed by atoms with Gasteiger partial charge in [0.1, 0.15) is 11.6 Å². The Morgan fingerprint density at radius 1 is 1.53 bits per heavy atom. The van der Waals surface area contributed by atoms with E-state index < -0.39 is 5.41 Å². The zero-order chi connectivity index (χ0) is 12.6. The summed E-state index contributed by atoms with van der Waals surface area (Å²) in [5.41, 5.74) is 0.962. The molecular formula is C10H13ClN4O2. The lowest BCUT2D eigenvalue weighted by Gasteiger charge is -2.20. The van der Waals surface area contributed by atoms with Gasteiger partial charge in [0.25, 0.3) is 6.47 Å². The van der Waals surface area contributed by atoms with Crippen LogP contribution in [0.3, 0.4) is 0 Å². The summed E-state index contributed by atoms with van der Waals surface area (Å²) in [6.45, 7) is 6.34. The van der Waals surface area contributed by atoms with E-state index in [0.717, 1.165) is 5.69 Å². The minimum atomic E-state index is -0.444. The van der Waals surface area contributed by atoms with Crippen molar-refractivity contribution in [3.63, 3.8) is 0 Å². The molecule has 0 aliphatic rings. The molecule has 0 atom stereocenters. The molecule has 0 aliphatic heterocycles. The third-order valence-corrected chi connectivity index (χ3v) is 3.04. The number of rotatable bonds is 4. The van der Waals surface area contributed by atoms with Crippen molar-refractivity contribution in [1.29, 1.82) is 0 Å². The Morgan fingerprint density at radius 2 is 2.24 bits per heavy atom. The summed E-state index contributed by atoms with van der Waals surface area (Å²) in [6, 6.07) is 0.